The highest BCUT2D eigenvalue weighted by Crippen LogP contribution is 2.16. The molecule has 148 valence electrons. The van der Waals surface area contributed by atoms with Crippen LogP contribution in [0, 0.1) is 11.8 Å². The second-order valence-corrected chi connectivity index (χ2v) is 7.47. The Bertz CT molecular complexity index is 356. The second-order valence-electron chi connectivity index (χ2n) is 7.47. The van der Waals surface area contributed by atoms with Crippen LogP contribution in [0.2, 0.25) is 0 Å². The molecule has 0 spiro atoms. The van der Waals surface area contributed by atoms with Crippen LogP contribution in [0.1, 0.15) is 97.3 Å². The number of carbonyl (C=O) groups is 2. The molecule has 0 aliphatic heterocycles. The minimum absolute atomic E-state index is 0.220. The molecule has 0 saturated heterocycles. The number of rotatable bonds is 17. The summed E-state index contributed by atoms with van der Waals surface area (Å²) in [6, 6.07) is 0. The van der Waals surface area contributed by atoms with Crippen molar-refractivity contribution in [2.45, 2.75) is 103 Å². The normalized spacial score (nSPS) is 14.8. The third-order valence-electron chi connectivity index (χ3n) is 4.95. The maximum Gasteiger partial charge on any atom is 0.306 e. The van der Waals surface area contributed by atoms with Gasteiger partial charge in [0.1, 0.15) is 0 Å². The van der Waals surface area contributed by atoms with Gasteiger partial charge in [0.25, 0.3) is 0 Å². The van der Waals surface area contributed by atoms with E-state index in [-0.39, 0.29) is 17.9 Å². The van der Waals surface area contributed by atoms with Gasteiger partial charge in [-0.1, -0.05) is 71.6 Å². The van der Waals surface area contributed by atoms with E-state index in [1.165, 1.54) is 32.1 Å². The van der Waals surface area contributed by atoms with Crippen LogP contribution in [0.5, 0.6) is 0 Å². The van der Waals surface area contributed by atoms with Crippen molar-refractivity contribution in [3.63, 3.8) is 0 Å². The average molecular weight is 359 g/mol. The molecule has 0 aliphatic rings. The molecule has 0 aromatic rings. The first-order valence-electron chi connectivity index (χ1n) is 9.98. The summed E-state index contributed by atoms with van der Waals surface area (Å²) in [6.45, 7) is 3.45. The van der Waals surface area contributed by atoms with Crippen LogP contribution < -0.4 is 0 Å². The Morgan fingerprint density at radius 3 is 1.40 bits per heavy atom. The molecule has 0 bridgehead atoms. The van der Waals surface area contributed by atoms with Gasteiger partial charge in [0.2, 0.25) is 0 Å². The summed E-state index contributed by atoms with van der Waals surface area (Å²) in [5.74, 6) is -2.07. The lowest BCUT2D eigenvalue weighted by Gasteiger charge is -2.12. The molecular formula is C20H38O5. The van der Waals surface area contributed by atoms with Crippen molar-refractivity contribution < 1.29 is 24.9 Å². The van der Waals surface area contributed by atoms with Crippen molar-refractivity contribution in [2.75, 3.05) is 0 Å². The van der Waals surface area contributed by atoms with E-state index in [4.69, 9.17) is 10.2 Å². The number of carboxylic acid groups (broad SMARTS) is 2. The van der Waals surface area contributed by atoms with Gasteiger partial charge in [-0.25, -0.2) is 0 Å². The van der Waals surface area contributed by atoms with E-state index in [9.17, 15) is 14.7 Å². The Morgan fingerprint density at radius 1 is 0.600 bits per heavy atom. The quantitative estimate of drug-likeness (QED) is 0.323. The Labute approximate surface area is 152 Å². The van der Waals surface area contributed by atoms with Gasteiger partial charge in [-0.2, -0.15) is 0 Å². The highest BCUT2D eigenvalue weighted by atomic mass is 16.4. The maximum absolute atomic E-state index is 10.7. The van der Waals surface area contributed by atoms with Crippen LogP contribution >= 0.6 is 0 Å². The Balaban J connectivity index is 3.31. The van der Waals surface area contributed by atoms with E-state index in [1.807, 2.05) is 0 Å². The standard InChI is InChI=1S/C20H38O5/c1-16(19(22)23)12-10-8-6-4-3-5-7-9-11-13-18(21)15-14-17(2)20(24)25/h16-18,21H,3-15H2,1-2H3,(H,22,23)(H,24,25). The molecule has 0 aliphatic carbocycles. The van der Waals surface area contributed by atoms with Gasteiger partial charge in [0.15, 0.2) is 0 Å². The van der Waals surface area contributed by atoms with Crippen molar-refractivity contribution in [3.05, 3.63) is 0 Å². The van der Waals surface area contributed by atoms with E-state index >= 15 is 0 Å². The predicted molar refractivity (Wildman–Crippen MR) is 99.6 cm³/mol. The van der Waals surface area contributed by atoms with Crippen molar-refractivity contribution >= 4 is 11.9 Å². The molecule has 25 heavy (non-hydrogen) atoms. The number of hydrogen-bond acceptors (Lipinski definition) is 3. The minimum atomic E-state index is -0.788. The van der Waals surface area contributed by atoms with Gasteiger partial charge in [-0.15, -0.1) is 0 Å². The Morgan fingerprint density at radius 2 is 0.960 bits per heavy atom. The zero-order chi connectivity index (χ0) is 19.1. The zero-order valence-electron chi connectivity index (χ0n) is 16.1. The number of aliphatic hydroxyl groups excluding tert-OH is 1. The van der Waals surface area contributed by atoms with E-state index in [0.29, 0.717) is 12.8 Å². The maximum atomic E-state index is 10.7. The first kappa shape index (κ1) is 23.9. The molecule has 0 amide bonds. The molecule has 3 unspecified atom stereocenters. The van der Waals surface area contributed by atoms with Gasteiger partial charge >= 0.3 is 11.9 Å². The summed E-state index contributed by atoms with van der Waals surface area (Å²) < 4.78 is 0. The van der Waals surface area contributed by atoms with Crippen LogP contribution in [0.4, 0.5) is 0 Å². The first-order valence-corrected chi connectivity index (χ1v) is 9.98. The summed E-state index contributed by atoms with van der Waals surface area (Å²) in [5.41, 5.74) is 0. The van der Waals surface area contributed by atoms with Gasteiger partial charge < -0.3 is 15.3 Å². The van der Waals surface area contributed by atoms with Crippen LogP contribution in [0.25, 0.3) is 0 Å². The van der Waals surface area contributed by atoms with Crippen molar-refractivity contribution in [1.82, 2.24) is 0 Å². The first-order chi connectivity index (χ1) is 11.8. The molecule has 0 radical (unpaired) electrons. The van der Waals surface area contributed by atoms with E-state index in [0.717, 1.165) is 38.5 Å². The highest BCUT2D eigenvalue weighted by molar-refractivity contribution is 5.69. The van der Waals surface area contributed by atoms with E-state index < -0.39 is 11.9 Å². The average Bonchev–Trinajstić information content (AvgIpc) is 2.56. The van der Waals surface area contributed by atoms with E-state index in [2.05, 4.69) is 0 Å². The van der Waals surface area contributed by atoms with Crippen LogP contribution in [-0.4, -0.2) is 33.4 Å². The fraction of sp³-hybridized carbons (Fsp3) is 0.900. The summed E-state index contributed by atoms with van der Waals surface area (Å²) >= 11 is 0. The Hall–Kier alpha value is -1.10. The molecule has 3 N–H and O–H groups in total. The fourth-order valence-electron chi connectivity index (χ4n) is 2.90. The molecule has 0 saturated carbocycles. The lowest BCUT2D eigenvalue weighted by Crippen LogP contribution is -2.14. The van der Waals surface area contributed by atoms with Crippen LogP contribution in [0.3, 0.4) is 0 Å². The molecule has 3 atom stereocenters. The van der Waals surface area contributed by atoms with Gasteiger partial charge in [-0.05, 0) is 25.7 Å². The summed E-state index contributed by atoms with van der Waals surface area (Å²) in [7, 11) is 0. The SMILES string of the molecule is CC(CCCCCCCCCCCC(O)CCC(C)C(=O)O)C(=O)O. The molecule has 5 nitrogen and oxygen atoms in total. The van der Waals surface area contributed by atoms with Crippen LogP contribution in [-0.2, 0) is 9.59 Å². The highest BCUT2D eigenvalue weighted by Gasteiger charge is 2.13. The molecule has 0 heterocycles. The largest absolute Gasteiger partial charge is 0.481 e. The number of hydrogen-bond donors (Lipinski definition) is 3. The smallest absolute Gasteiger partial charge is 0.306 e. The molecule has 5 heteroatoms. The number of unbranched alkanes of at least 4 members (excludes halogenated alkanes) is 8. The van der Waals surface area contributed by atoms with E-state index in [1.54, 1.807) is 13.8 Å². The second kappa shape index (κ2) is 15.2. The summed E-state index contributed by atoms with van der Waals surface area (Å²) in [4.78, 5) is 21.4. The van der Waals surface area contributed by atoms with Crippen LogP contribution in [0.15, 0.2) is 0 Å². The molecule has 0 fully saturated rings. The van der Waals surface area contributed by atoms with Crippen molar-refractivity contribution in [1.29, 1.82) is 0 Å². The number of aliphatic hydroxyl groups is 1. The lowest BCUT2D eigenvalue weighted by atomic mass is 9.99. The number of aliphatic carboxylic acids is 2. The third-order valence-corrected chi connectivity index (χ3v) is 4.95. The minimum Gasteiger partial charge on any atom is -0.481 e. The lowest BCUT2D eigenvalue weighted by molar-refractivity contribution is -0.142. The van der Waals surface area contributed by atoms with Gasteiger partial charge in [0, 0.05) is 0 Å². The summed E-state index contributed by atoms with van der Waals surface area (Å²) in [6.07, 6.45) is 12.6. The molecule has 0 rings (SSSR count). The Kier molecular flexibility index (Phi) is 14.5. The molecule has 0 aromatic carbocycles. The third kappa shape index (κ3) is 14.9. The van der Waals surface area contributed by atoms with Gasteiger partial charge in [-0.3, -0.25) is 9.59 Å². The molecular weight excluding hydrogens is 320 g/mol. The van der Waals surface area contributed by atoms with Crippen molar-refractivity contribution in [3.8, 4) is 0 Å². The fourth-order valence-corrected chi connectivity index (χ4v) is 2.90. The van der Waals surface area contributed by atoms with Crippen molar-refractivity contribution in [2.24, 2.45) is 11.8 Å². The summed E-state index contributed by atoms with van der Waals surface area (Å²) in [5, 5.41) is 27.4. The molecule has 0 aromatic heterocycles. The predicted octanol–water partition coefficient (Wildman–Crippen LogP) is 4.86. The topological polar surface area (TPSA) is 94.8 Å². The number of carboxylic acids is 2. The zero-order valence-corrected chi connectivity index (χ0v) is 16.1. The monoisotopic (exact) mass is 358 g/mol. The van der Waals surface area contributed by atoms with Gasteiger partial charge in [0.05, 0.1) is 17.9 Å².